The zero-order valence-electron chi connectivity index (χ0n) is 13.0. The summed E-state index contributed by atoms with van der Waals surface area (Å²) in [6, 6.07) is 7.95. The summed E-state index contributed by atoms with van der Waals surface area (Å²) in [4.78, 5) is 0. The maximum atomic E-state index is 11.3. The summed E-state index contributed by atoms with van der Waals surface area (Å²) in [6.45, 7) is 6.71. The second-order valence-electron chi connectivity index (χ2n) is 5.52. The Labute approximate surface area is 133 Å². The van der Waals surface area contributed by atoms with Gasteiger partial charge in [-0.3, -0.25) is 0 Å². The van der Waals surface area contributed by atoms with Gasteiger partial charge in [0.15, 0.2) is 0 Å². The highest BCUT2D eigenvalue weighted by Gasteiger charge is 2.18. The Morgan fingerprint density at radius 3 is 2.48 bits per heavy atom. The first-order valence-corrected chi connectivity index (χ1v) is 9.99. The van der Waals surface area contributed by atoms with Crippen LogP contribution in [0.4, 0.5) is 0 Å². The van der Waals surface area contributed by atoms with Crippen molar-refractivity contribution in [3.63, 3.8) is 0 Å². The van der Waals surface area contributed by atoms with Gasteiger partial charge in [-0.2, -0.15) is 0 Å². The molecule has 0 saturated carbocycles. The Bertz CT molecular complexity index is 528. The number of benzene rings is 1. The van der Waals surface area contributed by atoms with Gasteiger partial charge in [-0.05, 0) is 30.4 Å². The third-order valence-corrected chi connectivity index (χ3v) is 4.92. The van der Waals surface area contributed by atoms with Crippen LogP contribution in [0.1, 0.15) is 51.5 Å². The minimum absolute atomic E-state index is 0.0338. The monoisotopic (exact) mass is 332 g/mol. The smallest absolute Gasteiger partial charge is 0.232 e. The van der Waals surface area contributed by atoms with Crippen molar-refractivity contribution in [2.45, 2.75) is 46.0 Å². The van der Waals surface area contributed by atoms with Gasteiger partial charge in [-0.15, -0.1) is 0 Å². The van der Waals surface area contributed by atoms with Crippen molar-refractivity contribution in [3.8, 4) is 5.75 Å². The predicted molar refractivity (Wildman–Crippen MR) is 88.7 cm³/mol. The number of rotatable bonds is 9. The molecule has 0 bridgehead atoms. The second-order valence-corrected chi connectivity index (χ2v) is 8.34. The number of hydrogen-bond donors (Lipinski definition) is 0. The average molecular weight is 333 g/mol. The summed E-state index contributed by atoms with van der Waals surface area (Å²) in [5, 5.41) is 0. The van der Waals surface area contributed by atoms with Gasteiger partial charge < -0.3 is 4.74 Å². The fourth-order valence-corrected chi connectivity index (χ4v) is 3.71. The maximum Gasteiger partial charge on any atom is 0.232 e. The van der Waals surface area contributed by atoms with E-state index in [1.54, 1.807) is 0 Å². The normalized spacial score (nSPS) is 14.7. The van der Waals surface area contributed by atoms with E-state index in [0.29, 0.717) is 12.5 Å². The zero-order valence-corrected chi connectivity index (χ0v) is 14.6. The van der Waals surface area contributed by atoms with E-state index in [2.05, 4.69) is 19.9 Å². The molecule has 0 amide bonds. The lowest BCUT2D eigenvalue weighted by molar-refractivity contribution is 0.250. The molecule has 21 heavy (non-hydrogen) atoms. The first-order chi connectivity index (χ1) is 9.87. The van der Waals surface area contributed by atoms with Gasteiger partial charge in [0.25, 0.3) is 0 Å². The first-order valence-electron chi connectivity index (χ1n) is 7.51. The van der Waals surface area contributed by atoms with Crippen LogP contribution in [0.15, 0.2) is 24.3 Å². The van der Waals surface area contributed by atoms with Gasteiger partial charge in [-0.25, -0.2) is 8.42 Å². The summed E-state index contributed by atoms with van der Waals surface area (Å²) in [7, 11) is 1.88. The van der Waals surface area contributed by atoms with E-state index >= 15 is 0 Å². The Kier molecular flexibility index (Phi) is 7.53. The Balaban J connectivity index is 2.76. The molecule has 2 unspecified atom stereocenters. The highest BCUT2D eigenvalue weighted by molar-refractivity contribution is 8.13. The van der Waals surface area contributed by atoms with Crippen LogP contribution in [0.2, 0.25) is 0 Å². The molecule has 1 rings (SSSR count). The molecule has 0 fully saturated rings. The fraction of sp³-hybridized carbons (Fsp3) is 0.625. The molecule has 0 spiro atoms. The van der Waals surface area contributed by atoms with Gasteiger partial charge in [0.1, 0.15) is 5.75 Å². The first kappa shape index (κ1) is 18.3. The molecule has 0 aliphatic heterocycles. The number of ether oxygens (including phenoxy) is 1. The standard InChI is InChI=1S/C16H25ClO3S/c1-4-8-14(12-21(17,18)19)11-20-16-10-7-6-9-15(16)13(3)5-2/h6-7,9-10,13-14H,4-5,8,11-12H2,1-3H3. The number of halogens is 1. The van der Waals surface area contributed by atoms with Gasteiger partial charge in [0.2, 0.25) is 9.05 Å². The van der Waals surface area contributed by atoms with Crippen molar-refractivity contribution in [1.29, 1.82) is 0 Å². The van der Waals surface area contributed by atoms with Crippen LogP contribution in [0, 0.1) is 5.92 Å². The Morgan fingerprint density at radius 2 is 1.90 bits per heavy atom. The molecule has 5 heteroatoms. The van der Waals surface area contributed by atoms with E-state index < -0.39 is 9.05 Å². The zero-order chi connectivity index (χ0) is 15.9. The van der Waals surface area contributed by atoms with E-state index in [0.717, 1.165) is 25.0 Å². The third kappa shape index (κ3) is 6.70. The molecular weight excluding hydrogens is 308 g/mol. The topological polar surface area (TPSA) is 43.4 Å². The molecule has 3 nitrogen and oxygen atoms in total. The summed E-state index contributed by atoms with van der Waals surface area (Å²) in [5.41, 5.74) is 1.17. The van der Waals surface area contributed by atoms with Gasteiger partial charge >= 0.3 is 0 Å². The molecule has 120 valence electrons. The molecule has 0 aromatic heterocycles. The molecule has 0 aliphatic rings. The average Bonchev–Trinajstić information content (AvgIpc) is 2.43. The number of hydrogen-bond acceptors (Lipinski definition) is 3. The quantitative estimate of drug-likeness (QED) is 0.622. The van der Waals surface area contributed by atoms with Crippen molar-refractivity contribution >= 4 is 19.7 Å². The fourth-order valence-electron chi connectivity index (χ4n) is 2.35. The lowest BCUT2D eigenvalue weighted by Crippen LogP contribution is -2.20. The van der Waals surface area contributed by atoms with Crippen LogP contribution < -0.4 is 4.74 Å². The molecule has 1 aromatic rings. The predicted octanol–water partition coefficient (Wildman–Crippen LogP) is 4.56. The van der Waals surface area contributed by atoms with Crippen LogP contribution in [0.3, 0.4) is 0 Å². The van der Waals surface area contributed by atoms with Crippen LogP contribution >= 0.6 is 10.7 Å². The molecule has 0 aliphatic carbocycles. The van der Waals surface area contributed by atoms with Crippen molar-refractivity contribution in [2.75, 3.05) is 12.4 Å². The van der Waals surface area contributed by atoms with Gasteiger partial charge in [0, 0.05) is 16.6 Å². The SMILES string of the molecule is CCCC(COc1ccccc1C(C)CC)CS(=O)(=O)Cl. The minimum atomic E-state index is -3.49. The van der Waals surface area contributed by atoms with E-state index in [9.17, 15) is 8.42 Å². The van der Waals surface area contributed by atoms with E-state index in [1.165, 1.54) is 5.56 Å². The summed E-state index contributed by atoms with van der Waals surface area (Å²) in [6.07, 6.45) is 2.74. The van der Waals surface area contributed by atoms with Crippen LogP contribution in [-0.2, 0) is 9.05 Å². The third-order valence-electron chi connectivity index (χ3n) is 3.67. The lowest BCUT2D eigenvalue weighted by atomic mass is 9.98. The Hall–Kier alpha value is -0.740. The van der Waals surface area contributed by atoms with Crippen molar-refractivity contribution in [2.24, 2.45) is 5.92 Å². The van der Waals surface area contributed by atoms with E-state index in [4.69, 9.17) is 15.4 Å². The van der Waals surface area contributed by atoms with E-state index in [1.807, 2.05) is 25.1 Å². The second kappa shape index (κ2) is 8.64. The van der Waals surface area contributed by atoms with Crippen molar-refractivity contribution < 1.29 is 13.2 Å². The molecular formula is C16H25ClO3S. The van der Waals surface area contributed by atoms with Gasteiger partial charge in [0.05, 0.1) is 12.4 Å². The van der Waals surface area contributed by atoms with Crippen LogP contribution in [0.25, 0.3) is 0 Å². The molecule has 0 N–H and O–H groups in total. The van der Waals surface area contributed by atoms with Gasteiger partial charge in [-0.1, -0.05) is 45.4 Å². The molecule has 2 atom stereocenters. The lowest BCUT2D eigenvalue weighted by Gasteiger charge is -2.19. The highest BCUT2D eigenvalue weighted by atomic mass is 35.7. The number of para-hydroxylation sites is 1. The van der Waals surface area contributed by atoms with E-state index in [-0.39, 0.29) is 11.7 Å². The van der Waals surface area contributed by atoms with Crippen molar-refractivity contribution in [3.05, 3.63) is 29.8 Å². The minimum Gasteiger partial charge on any atom is -0.493 e. The Morgan fingerprint density at radius 1 is 1.24 bits per heavy atom. The largest absolute Gasteiger partial charge is 0.493 e. The summed E-state index contributed by atoms with van der Waals surface area (Å²) >= 11 is 0. The molecule has 0 radical (unpaired) electrons. The maximum absolute atomic E-state index is 11.3. The molecule has 0 saturated heterocycles. The molecule has 0 heterocycles. The molecule has 1 aromatic carbocycles. The van der Waals surface area contributed by atoms with Crippen LogP contribution in [0.5, 0.6) is 5.75 Å². The van der Waals surface area contributed by atoms with Crippen LogP contribution in [-0.4, -0.2) is 20.8 Å². The van der Waals surface area contributed by atoms with Crippen molar-refractivity contribution in [1.82, 2.24) is 0 Å². The summed E-state index contributed by atoms with van der Waals surface area (Å²) < 4.78 is 28.4. The highest BCUT2D eigenvalue weighted by Crippen LogP contribution is 2.29. The summed E-state index contributed by atoms with van der Waals surface area (Å²) in [5.74, 6) is 1.17.